The summed E-state index contributed by atoms with van der Waals surface area (Å²) < 4.78 is 14.6. The number of carbonyl (C=O) groups is 1. The number of nitrogens with zero attached hydrogens (tertiary/aromatic N) is 13. The Kier molecular flexibility index (Phi) is 22.3. The molecule has 0 fully saturated rings. The summed E-state index contributed by atoms with van der Waals surface area (Å²) >= 11 is 0. The van der Waals surface area contributed by atoms with Crippen LogP contribution in [0.3, 0.4) is 0 Å². The zero-order chi connectivity index (χ0) is 73.7. The van der Waals surface area contributed by atoms with Gasteiger partial charge in [0.25, 0.3) is 5.91 Å². The lowest BCUT2D eigenvalue weighted by molar-refractivity contribution is 0.0958. The van der Waals surface area contributed by atoms with Crippen LogP contribution in [0.15, 0.2) is 146 Å². The van der Waals surface area contributed by atoms with Crippen molar-refractivity contribution in [2.24, 2.45) is 0 Å². The highest BCUT2D eigenvalue weighted by Crippen LogP contribution is 2.38. The number of amides is 1. The molecule has 17 heteroatoms. The van der Waals surface area contributed by atoms with E-state index in [1.54, 1.807) is 26.4 Å². The van der Waals surface area contributed by atoms with Gasteiger partial charge in [-0.05, 0) is 229 Å². The van der Waals surface area contributed by atoms with Crippen molar-refractivity contribution in [1.29, 1.82) is 0 Å². The van der Waals surface area contributed by atoms with Gasteiger partial charge in [0.05, 0.1) is 41.2 Å². The first-order valence-electron chi connectivity index (χ1n) is 36.7. The van der Waals surface area contributed by atoms with Crippen LogP contribution in [0.2, 0.25) is 0 Å². The molecule has 540 valence electrons. The third kappa shape index (κ3) is 15.9. The number of benzene rings is 3. The molecule has 0 saturated carbocycles. The number of hydrogen-bond acceptors (Lipinski definition) is 12. The Hall–Kier alpha value is -10.2. The molecule has 9 aromatic heterocycles. The first-order valence-corrected chi connectivity index (χ1v) is 36.7. The van der Waals surface area contributed by atoms with E-state index in [0.717, 1.165) is 112 Å². The fourth-order valence-corrected chi connectivity index (χ4v) is 15.2. The van der Waals surface area contributed by atoms with Gasteiger partial charge in [0.15, 0.2) is 0 Å². The van der Waals surface area contributed by atoms with Gasteiger partial charge in [-0.1, -0.05) is 53.1 Å². The highest BCUT2D eigenvalue weighted by molar-refractivity contribution is 5.95. The molecule has 4 aliphatic rings. The molecule has 3 aromatic carbocycles. The van der Waals surface area contributed by atoms with E-state index in [9.17, 15) is 9.90 Å². The number of carbonyl (C=O) groups excluding carboxylic acids is 1. The van der Waals surface area contributed by atoms with Gasteiger partial charge in [0, 0.05) is 199 Å². The molecule has 4 aliphatic heterocycles. The molecule has 0 atom stereocenters. The first kappa shape index (κ1) is 73.1. The van der Waals surface area contributed by atoms with Gasteiger partial charge in [0.2, 0.25) is 0 Å². The van der Waals surface area contributed by atoms with Gasteiger partial charge in [-0.15, -0.1) is 0 Å². The number of nitrogens with one attached hydrogen (secondary N) is 1. The average Bonchev–Trinajstić information content (AvgIpc) is 1.63. The number of likely N-dealkylation sites (N-methyl/N-ethyl adjacent to an activating group) is 4. The summed E-state index contributed by atoms with van der Waals surface area (Å²) in [6.07, 6.45) is 24.4. The minimum atomic E-state index is -0.168. The van der Waals surface area contributed by atoms with Crippen LogP contribution in [-0.4, -0.2) is 142 Å². The Morgan fingerprint density at radius 1 is 0.448 bits per heavy atom. The molecule has 2 N–H and O–H groups in total. The molecule has 16 rings (SSSR count). The van der Waals surface area contributed by atoms with Crippen molar-refractivity contribution in [2.45, 2.75) is 120 Å². The topological polar surface area (TPSA) is 156 Å². The van der Waals surface area contributed by atoms with Gasteiger partial charge in [-0.2, -0.15) is 0 Å². The Labute approximate surface area is 618 Å². The maximum Gasteiger partial charge on any atom is 0.269 e. The molecule has 0 aliphatic carbocycles. The van der Waals surface area contributed by atoms with E-state index in [2.05, 4.69) is 250 Å². The summed E-state index contributed by atoms with van der Waals surface area (Å²) in [7, 11) is 12.1. The van der Waals surface area contributed by atoms with Crippen LogP contribution >= 0.6 is 0 Å². The number of aromatic nitrogens is 9. The number of aryl methyl sites for hydroxylation is 4. The van der Waals surface area contributed by atoms with Crippen LogP contribution in [0.25, 0.3) is 90.8 Å². The molecule has 0 unspecified atom stereocenters. The highest BCUT2D eigenvalue weighted by Gasteiger charge is 2.27. The third-order valence-corrected chi connectivity index (χ3v) is 21.1. The fraction of sp³-hybridized carbons (Fsp3) is 0.318. The Morgan fingerprint density at radius 2 is 0.829 bits per heavy atom. The van der Waals surface area contributed by atoms with Gasteiger partial charge in [-0.25, -0.2) is 4.98 Å². The van der Waals surface area contributed by atoms with Gasteiger partial charge in [0.1, 0.15) is 11.3 Å². The van der Waals surface area contributed by atoms with E-state index in [0.29, 0.717) is 18.0 Å². The third-order valence-electron chi connectivity index (χ3n) is 21.1. The molecule has 17 nitrogen and oxygen atoms in total. The lowest BCUT2D eigenvalue weighted by Crippen LogP contribution is -2.26. The molecule has 13 heterocycles. The summed E-state index contributed by atoms with van der Waals surface area (Å²) in [6.45, 7) is 26.0. The van der Waals surface area contributed by atoms with Gasteiger partial charge in [-0.3, -0.25) is 24.7 Å². The van der Waals surface area contributed by atoms with E-state index in [4.69, 9.17) is 9.72 Å². The second-order valence-electron chi connectivity index (χ2n) is 29.2. The van der Waals surface area contributed by atoms with Gasteiger partial charge < -0.3 is 53.0 Å². The maximum absolute atomic E-state index is 11.7. The number of ether oxygens (including phenoxy) is 1. The zero-order valence-corrected chi connectivity index (χ0v) is 63.6. The fourth-order valence-electron chi connectivity index (χ4n) is 15.2. The Bertz CT molecular complexity index is 5300. The van der Waals surface area contributed by atoms with Gasteiger partial charge >= 0.3 is 0 Å². The SMILES string of the molecule is C/C(=C\n1c2c(c3cc(C)ccc31)CN(C)CC2)c1ccc(CO)nc1.C/C(=C\n1c2c(c3cc(C)cnc31)CN(C)CC2)c1ccncc1.CNC(=O)c1ccc(/C(C)=C/n2c3c(c4cc(C)ccc42)CN(C)CC3)cn1.COCc1ccc(/C(C)=C/n2c3c(c4cc(C)ccc42)CN(C)CC3)cn1. The molecular formula is C88H100N14O3. The van der Waals surface area contributed by atoms with E-state index in [1.165, 1.54) is 128 Å². The molecule has 12 aromatic rings. The standard InChI is InChI=1S/C23H26N4O.C23H27N3O.C22H25N3O.C20H22N4/c1-15-5-8-21-18(11-15)19-14-26(4)10-9-22(19)27(21)13-16(2)17-6-7-20(25-12-17)23(28)24-3;1-16-5-8-22-20(11-16)21-14-25(3)10-9-23(21)26(22)13-17(2)18-6-7-19(15-27-4)24-12-18;1-15-4-7-21-19(10-15)20-13-24(3)9-8-22(20)25(21)12-16(2)17-5-6-18(14-26)23-11-17;1-14-10-17-18-13-23(3)9-6-19(18)24(20(17)22-11-14)12-15(2)16-4-7-21-8-5-16/h5-8,11-13H,9-10,14H2,1-4H3,(H,24,28);5-8,11-13H,9-10,14-15H2,1-4H3;4-7,10-12,26H,8-9,13-14H2,1-3H3;4-5,7-8,10-12H,6,9,13H2,1-3H3/b16-13+;17-13+;16-12+;15-12+. The van der Waals surface area contributed by atoms with E-state index < -0.39 is 0 Å². The van der Waals surface area contributed by atoms with E-state index >= 15 is 0 Å². The average molecular weight is 1400 g/mol. The molecule has 0 radical (unpaired) electrons. The number of fused-ring (bicyclic) bond motifs is 12. The van der Waals surface area contributed by atoms with Crippen molar-refractivity contribution in [1.82, 2.24) is 68.1 Å². The monoisotopic (exact) mass is 1400 g/mol. The van der Waals surface area contributed by atoms with Crippen molar-refractivity contribution in [3.05, 3.63) is 253 Å². The van der Waals surface area contributed by atoms with Crippen LogP contribution in [0, 0.1) is 27.7 Å². The predicted molar refractivity (Wildman–Crippen MR) is 431 cm³/mol. The number of rotatable bonds is 12. The minimum absolute atomic E-state index is 0.0222. The number of pyridine rings is 5. The summed E-state index contributed by atoms with van der Waals surface area (Å²) in [5.41, 5.74) is 32.7. The zero-order valence-electron chi connectivity index (χ0n) is 63.6. The van der Waals surface area contributed by atoms with Crippen LogP contribution < -0.4 is 5.32 Å². The van der Waals surface area contributed by atoms with Crippen LogP contribution in [-0.2, 0) is 69.8 Å². The normalized spacial score (nSPS) is 15.3. The molecule has 0 saturated heterocycles. The van der Waals surface area contributed by atoms with E-state index in [-0.39, 0.29) is 12.5 Å². The van der Waals surface area contributed by atoms with Crippen molar-refractivity contribution in [2.75, 3.05) is 68.5 Å². The van der Waals surface area contributed by atoms with Crippen molar-refractivity contribution in [3.63, 3.8) is 0 Å². The lowest BCUT2D eigenvalue weighted by atomic mass is 10.0. The molecule has 105 heavy (non-hydrogen) atoms. The van der Waals surface area contributed by atoms with Crippen molar-refractivity contribution in [3.8, 4) is 0 Å². The quantitative estimate of drug-likeness (QED) is 0.120. The van der Waals surface area contributed by atoms with Crippen LogP contribution in [0.5, 0.6) is 0 Å². The highest BCUT2D eigenvalue weighted by atomic mass is 16.5. The number of aliphatic hydroxyl groups is 1. The second-order valence-corrected chi connectivity index (χ2v) is 29.2. The number of aliphatic hydroxyl groups excluding tert-OH is 1. The summed E-state index contributed by atoms with van der Waals surface area (Å²) in [6, 6.07) is 38.4. The molecule has 0 spiro atoms. The smallest absolute Gasteiger partial charge is 0.269 e. The van der Waals surface area contributed by atoms with Crippen molar-refractivity contribution < 1.29 is 14.6 Å². The van der Waals surface area contributed by atoms with Crippen LogP contribution in [0.4, 0.5) is 0 Å². The minimum Gasteiger partial charge on any atom is -0.390 e. The van der Waals surface area contributed by atoms with E-state index in [1.807, 2.05) is 55.2 Å². The Balaban J connectivity index is 0.000000124. The maximum atomic E-state index is 11.7. The lowest BCUT2D eigenvalue weighted by Gasteiger charge is -2.23. The second kappa shape index (κ2) is 32.0. The van der Waals surface area contributed by atoms with Crippen LogP contribution in [0.1, 0.15) is 139 Å². The number of allylic oxidation sites excluding steroid dienone is 4. The number of hydrogen-bond donors (Lipinski definition) is 2. The van der Waals surface area contributed by atoms with Crippen molar-refractivity contribution >= 4 is 96.7 Å². The largest absolute Gasteiger partial charge is 0.390 e. The Morgan fingerprint density at radius 3 is 1.22 bits per heavy atom. The summed E-state index contributed by atoms with van der Waals surface area (Å²) in [4.78, 5) is 43.3. The summed E-state index contributed by atoms with van der Waals surface area (Å²) in [5.74, 6) is -0.168. The molecular weight excluding hydrogens is 1300 g/mol. The summed E-state index contributed by atoms with van der Waals surface area (Å²) in [5, 5.41) is 17.2. The predicted octanol–water partition coefficient (Wildman–Crippen LogP) is 15.8. The molecule has 1 amide bonds. The first-order chi connectivity index (χ1) is 50.7. The number of methoxy groups -OCH3 is 1. The molecule has 0 bridgehead atoms.